The molecular formula is C16H13F3N2O5S3. The zero-order valence-corrected chi connectivity index (χ0v) is 17.0. The summed E-state index contributed by atoms with van der Waals surface area (Å²) < 4.78 is 60.9. The van der Waals surface area contributed by atoms with Crippen molar-refractivity contribution < 1.29 is 31.3 Å². The van der Waals surface area contributed by atoms with Crippen molar-refractivity contribution in [2.75, 3.05) is 17.3 Å². The first kappa shape index (κ1) is 23.0. The number of para-hydroxylation sites is 1. The number of rotatable bonds is 7. The summed E-state index contributed by atoms with van der Waals surface area (Å²) in [6, 6.07) is 8.64. The van der Waals surface area contributed by atoms with Crippen molar-refractivity contribution in [2.24, 2.45) is 0 Å². The highest BCUT2D eigenvalue weighted by Crippen LogP contribution is 2.40. The molecule has 7 nitrogen and oxygen atoms in total. The van der Waals surface area contributed by atoms with Crippen LogP contribution in [0.15, 0.2) is 57.2 Å². The summed E-state index contributed by atoms with van der Waals surface area (Å²) in [4.78, 5) is 22.2. The zero-order chi connectivity index (χ0) is 21.8. The van der Waals surface area contributed by atoms with Gasteiger partial charge in [0.1, 0.15) is 0 Å². The number of nitro benzene ring substituents is 1. The third-order valence-corrected chi connectivity index (χ3v) is 6.28. The number of carbonyl (C=O) groups is 1. The maximum absolute atomic E-state index is 12.6. The van der Waals surface area contributed by atoms with Crippen molar-refractivity contribution >= 4 is 50.6 Å². The molecule has 0 atom stereocenters. The molecule has 0 spiro atoms. The second-order valence-corrected chi connectivity index (χ2v) is 9.68. The number of hydrogen-bond acceptors (Lipinski definition) is 7. The molecule has 1 N–H and O–H groups in total. The molecular weight excluding hydrogens is 453 g/mol. The number of halogens is 3. The predicted octanol–water partition coefficient (Wildman–Crippen LogP) is 4.34. The molecule has 0 heterocycles. The van der Waals surface area contributed by atoms with Gasteiger partial charge in [-0.1, -0.05) is 12.1 Å². The van der Waals surface area contributed by atoms with Crippen LogP contribution < -0.4 is 5.32 Å². The maximum atomic E-state index is 12.6. The van der Waals surface area contributed by atoms with Gasteiger partial charge in [-0.3, -0.25) is 14.9 Å². The van der Waals surface area contributed by atoms with E-state index in [0.29, 0.717) is 0 Å². The fourth-order valence-electron chi connectivity index (χ4n) is 2.11. The fraction of sp³-hybridized carbons (Fsp3) is 0.188. The Morgan fingerprint density at radius 3 is 2.41 bits per heavy atom. The minimum absolute atomic E-state index is 0.0395. The molecule has 1 amide bonds. The summed E-state index contributed by atoms with van der Waals surface area (Å²) in [5.41, 5.74) is -5.06. The minimum Gasteiger partial charge on any atom is -0.324 e. The highest BCUT2D eigenvalue weighted by molar-refractivity contribution is 8.00. The molecule has 13 heteroatoms. The van der Waals surface area contributed by atoms with Gasteiger partial charge in [0.15, 0.2) is 9.84 Å². The predicted molar refractivity (Wildman–Crippen MR) is 104 cm³/mol. The number of nitrogens with one attached hydrogen (secondary N) is 1. The number of nitro groups is 1. The lowest BCUT2D eigenvalue weighted by molar-refractivity contribution is -0.388. The van der Waals surface area contributed by atoms with Gasteiger partial charge in [0.25, 0.3) is 5.69 Å². The summed E-state index contributed by atoms with van der Waals surface area (Å²) in [5, 5.41) is 13.5. The van der Waals surface area contributed by atoms with Crippen LogP contribution in [0, 0.1) is 10.1 Å². The Balaban J connectivity index is 2.13. The first-order valence-electron chi connectivity index (χ1n) is 7.63. The van der Waals surface area contributed by atoms with Gasteiger partial charge in [0.2, 0.25) is 5.91 Å². The van der Waals surface area contributed by atoms with E-state index in [1.54, 1.807) is 0 Å². The van der Waals surface area contributed by atoms with Crippen molar-refractivity contribution in [3.05, 3.63) is 52.6 Å². The van der Waals surface area contributed by atoms with E-state index in [9.17, 15) is 36.5 Å². The minimum atomic E-state index is -4.53. The number of nitrogens with zero attached hydrogens (tertiary/aromatic N) is 1. The maximum Gasteiger partial charge on any atom is 0.446 e. The van der Waals surface area contributed by atoms with E-state index in [1.165, 1.54) is 36.4 Å². The Hall–Kier alpha value is -2.25. The molecule has 0 saturated heterocycles. The fourth-order valence-corrected chi connectivity index (χ4v) is 4.18. The SMILES string of the molecule is CS(=O)(=O)c1ccc(SCC(=O)Nc2ccccc2SC(F)(F)F)c([N+](=O)[O-])c1. The van der Waals surface area contributed by atoms with Crippen molar-refractivity contribution in [1.29, 1.82) is 0 Å². The molecule has 0 aliphatic carbocycles. The molecule has 2 aromatic rings. The number of carbonyl (C=O) groups excluding carboxylic acids is 1. The average molecular weight is 466 g/mol. The Kier molecular flexibility index (Phi) is 7.19. The van der Waals surface area contributed by atoms with Crippen LogP contribution in [-0.4, -0.2) is 36.8 Å². The molecule has 29 heavy (non-hydrogen) atoms. The van der Waals surface area contributed by atoms with E-state index < -0.39 is 31.9 Å². The standard InChI is InChI=1S/C16H13F3N2O5S3/c1-29(25,26)10-6-7-14(12(8-10)21(23)24)27-9-15(22)20-11-4-2-3-5-13(11)28-16(17,18)19/h2-8H,9H2,1H3,(H,20,22). The molecule has 0 aliphatic rings. The number of anilines is 1. The van der Waals surface area contributed by atoms with Crippen molar-refractivity contribution in [3.63, 3.8) is 0 Å². The second kappa shape index (κ2) is 9.05. The largest absolute Gasteiger partial charge is 0.446 e. The molecule has 2 rings (SSSR count). The van der Waals surface area contributed by atoms with Crippen molar-refractivity contribution in [1.82, 2.24) is 0 Å². The van der Waals surface area contributed by atoms with Crippen LogP contribution in [0.3, 0.4) is 0 Å². The second-order valence-electron chi connectivity index (χ2n) is 5.54. The quantitative estimate of drug-likeness (QED) is 0.367. The molecule has 2 aromatic carbocycles. The van der Waals surface area contributed by atoms with Gasteiger partial charge >= 0.3 is 5.51 Å². The molecule has 0 saturated carbocycles. The van der Waals surface area contributed by atoms with Gasteiger partial charge in [-0.15, -0.1) is 11.8 Å². The topological polar surface area (TPSA) is 106 Å². The lowest BCUT2D eigenvalue weighted by Crippen LogP contribution is -2.15. The number of alkyl halides is 3. The highest BCUT2D eigenvalue weighted by Gasteiger charge is 2.30. The summed E-state index contributed by atoms with van der Waals surface area (Å²) in [5.74, 6) is -1.00. The summed E-state index contributed by atoms with van der Waals surface area (Å²) in [7, 11) is -3.65. The Labute approximate surface area is 172 Å². The zero-order valence-electron chi connectivity index (χ0n) is 14.6. The number of amides is 1. The Morgan fingerprint density at radius 1 is 1.17 bits per heavy atom. The third-order valence-electron chi connectivity index (χ3n) is 3.30. The van der Waals surface area contributed by atoms with Crippen LogP contribution in [0.25, 0.3) is 0 Å². The third kappa shape index (κ3) is 6.94. The molecule has 0 bridgehead atoms. The van der Waals surface area contributed by atoms with E-state index in [2.05, 4.69) is 5.32 Å². The normalized spacial score (nSPS) is 11.9. The van der Waals surface area contributed by atoms with E-state index in [1.807, 2.05) is 0 Å². The van der Waals surface area contributed by atoms with Crippen LogP contribution in [0.2, 0.25) is 0 Å². The van der Waals surface area contributed by atoms with Gasteiger partial charge in [0.05, 0.1) is 26.2 Å². The number of benzene rings is 2. The number of thioether (sulfide) groups is 2. The number of hydrogen-bond donors (Lipinski definition) is 1. The average Bonchev–Trinajstić information content (AvgIpc) is 2.59. The molecule has 0 unspecified atom stereocenters. The van der Waals surface area contributed by atoms with Gasteiger partial charge in [0, 0.05) is 17.2 Å². The van der Waals surface area contributed by atoms with Gasteiger partial charge in [-0.2, -0.15) is 13.2 Å². The highest BCUT2D eigenvalue weighted by atomic mass is 32.2. The molecule has 0 aromatic heterocycles. The van der Waals surface area contributed by atoms with Crippen LogP contribution in [0.1, 0.15) is 0 Å². The Morgan fingerprint density at radius 2 is 1.83 bits per heavy atom. The summed E-state index contributed by atoms with van der Waals surface area (Å²) in [6.45, 7) is 0. The molecule has 0 radical (unpaired) electrons. The van der Waals surface area contributed by atoms with Crippen LogP contribution >= 0.6 is 23.5 Å². The Bertz CT molecular complexity index is 1040. The first-order chi connectivity index (χ1) is 13.4. The van der Waals surface area contributed by atoms with E-state index in [4.69, 9.17) is 0 Å². The van der Waals surface area contributed by atoms with Gasteiger partial charge < -0.3 is 5.32 Å². The molecule has 0 aliphatic heterocycles. The molecule has 0 fully saturated rings. The van der Waals surface area contributed by atoms with Gasteiger partial charge in [-0.05, 0) is 36.0 Å². The van der Waals surface area contributed by atoms with Crippen molar-refractivity contribution in [3.8, 4) is 0 Å². The van der Waals surface area contributed by atoms with E-state index in [0.717, 1.165) is 24.1 Å². The lowest BCUT2D eigenvalue weighted by Gasteiger charge is -2.12. The van der Waals surface area contributed by atoms with Crippen LogP contribution in [-0.2, 0) is 14.6 Å². The lowest BCUT2D eigenvalue weighted by atomic mass is 10.3. The summed E-state index contributed by atoms with van der Waals surface area (Å²) in [6.07, 6.45) is 0.905. The van der Waals surface area contributed by atoms with E-state index in [-0.39, 0.29) is 37.9 Å². The number of sulfone groups is 1. The van der Waals surface area contributed by atoms with Crippen LogP contribution in [0.4, 0.5) is 24.5 Å². The van der Waals surface area contributed by atoms with Gasteiger partial charge in [-0.25, -0.2) is 8.42 Å². The summed E-state index contributed by atoms with van der Waals surface area (Å²) >= 11 is 0.390. The smallest absolute Gasteiger partial charge is 0.324 e. The first-order valence-corrected chi connectivity index (χ1v) is 11.3. The van der Waals surface area contributed by atoms with Crippen molar-refractivity contribution in [2.45, 2.75) is 20.2 Å². The van der Waals surface area contributed by atoms with E-state index >= 15 is 0 Å². The monoisotopic (exact) mass is 466 g/mol. The van der Waals surface area contributed by atoms with Crippen LogP contribution in [0.5, 0.6) is 0 Å². The molecule has 156 valence electrons.